The fourth-order valence-electron chi connectivity index (χ4n) is 0.583. The number of allylic oxidation sites excluding steroid dienone is 3. The van der Waals surface area contributed by atoms with E-state index in [0.29, 0.717) is 0 Å². The van der Waals surface area contributed by atoms with Gasteiger partial charge in [0.2, 0.25) is 0 Å². The van der Waals surface area contributed by atoms with E-state index in [4.69, 9.17) is 0 Å². The van der Waals surface area contributed by atoms with Gasteiger partial charge in [0.25, 0.3) is 0 Å². The second-order valence-corrected chi connectivity index (χ2v) is 1.63. The zero-order valence-electron chi connectivity index (χ0n) is 6.35. The summed E-state index contributed by atoms with van der Waals surface area (Å²) >= 11 is 0. The van der Waals surface area contributed by atoms with Crippen molar-refractivity contribution in [2.45, 2.75) is 26.7 Å². The third-order valence-corrected chi connectivity index (χ3v) is 0.980. The van der Waals surface area contributed by atoms with Gasteiger partial charge in [-0.1, -0.05) is 38.2 Å². The van der Waals surface area contributed by atoms with E-state index in [1.165, 1.54) is 5.57 Å². The number of rotatable bonds is 0. The van der Waals surface area contributed by atoms with Crippen molar-refractivity contribution < 1.29 is 0 Å². The summed E-state index contributed by atoms with van der Waals surface area (Å²) in [5.74, 6) is 0. The molecule has 0 saturated carbocycles. The van der Waals surface area contributed by atoms with Crippen LogP contribution in [0.25, 0.3) is 0 Å². The van der Waals surface area contributed by atoms with Crippen LogP contribution < -0.4 is 0 Å². The van der Waals surface area contributed by atoms with Gasteiger partial charge in [0.05, 0.1) is 0 Å². The summed E-state index contributed by atoms with van der Waals surface area (Å²) in [6.45, 7) is 7.79. The molecule has 0 aromatic heterocycles. The van der Waals surface area contributed by atoms with Gasteiger partial charge in [-0.25, -0.2) is 0 Å². The Labute approximate surface area is 60.2 Å². The van der Waals surface area contributed by atoms with Crippen molar-refractivity contribution in [3.8, 4) is 0 Å². The summed E-state index contributed by atoms with van der Waals surface area (Å²) in [6, 6.07) is 0. The molecule has 1 aliphatic rings. The second-order valence-electron chi connectivity index (χ2n) is 1.63. The first-order chi connectivity index (χ1) is 3.89. The first-order valence-corrected chi connectivity index (χ1v) is 3.21. The van der Waals surface area contributed by atoms with Crippen molar-refractivity contribution in [1.82, 2.24) is 0 Å². The Morgan fingerprint density at radius 1 is 1.22 bits per heavy atom. The molecule has 0 amide bonds. The Morgan fingerprint density at radius 2 is 1.56 bits per heavy atom. The minimum atomic E-state index is 0. The fourth-order valence-corrected chi connectivity index (χ4v) is 0.583. The van der Waals surface area contributed by atoms with Crippen molar-refractivity contribution in [2.75, 3.05) is 0 Å². The van der Waals surface area contributed by atoms with Crippen molar-refractivity contribution in [2.24, 2.45) is 0 Å². The Morgan fingerprint density at radius 3 is 1.67 bits per heavy atom. The summed E-state index contributed by atoms with van der Waals surface area (Å²) in [5.41, 5.74) is 1.34. The lowest BCUT2D eigenvalue weighted by Crippen LogP contribution is -1.61. The average molecular weight is 121 g/mol. The minimum Gasteiger partial charge on any atom is -0.0992 e. The molecule has 0 nitrogen and oxygen atoms in total. The Hall–Kier alpha value is -0.455. The molecule has 0 aromatic rings. The molecule has 0 atom stereocenters. The molecule has 9 heavy (non-hydrogen) atoms. The highest BCUT2D eigenvalue weighted by atomic mass is 14.0. The highest BCUT2D eigenvalue weighted by Gasteiger charge is 1.92. The van der Waals surface area contributed by atoms with E-state index in [9.17, 15) is 0 Å². The van der Waals surface area contributed by atoms with Crippen LogP contribution in [0.15, 0.2) is 24.3 Å². The van der Waals surface area contributed by atoms with Crippen LogP contribution in [-0.4, -0.2) is 8.41 Å². The highest BCUT2D eigenvalue weighted by Crippen LogP contribution is 2.12. The van der Waals surface area contributed by atoms with Crippen LogP contribution in [0.3, 0.4) is 0 Å². The number of hydrogen-bond donors (Lipinski definition) is 0. The maximum Gasteiger partial charge on any atom is 0 e. The molecule has 1 rings (SSSR count). The van der Waals surface area contributed by atoms with Crippen molar-refractivity contribution in [3.63, 3.8) is 0 Å². The Balaban J connectivity index is 0. The van der Waals surface area contributed by atoms with Crippen molar-refractivity contribution in [3.05, 3.63) is 24.3 Å². The van der Waals surface area contributed by atoms with Gasteiger partial charge in [0.15, 0.2) is 0 Å². The smallest absolute Gasteiger partial charge is 0 e. The minimum absolute atomic E-state index is 0. The molecular formula is C8H14B. The molecular weight excluding hydrogens is 107 g/mol. The number of hydrogen-bond acceptors (Lipinski definition) is 0. The Kier molecular flexibility index (Phi) is 9.52. The van der Waals surface area contributed by atoms with Gasteiger partial charge in [0.1, 0.15) is 0 Å². The maximum atomic E-state index is 3.79. The lowest BCUT2D eigenvalue weighted by molar-refractivity contribution is 1.21. The van der Waals surface area contributed by atoms with Gasteiger partial charge in [0, 0.05) is 8.41 Å². The summed E-state index contributed by atoms with van der Waals surface area (Å²) in [5, 5.41) is 0. The van der Waals surface area contributed by atoms with Gasteiger partial charge >= 0.3 is 0 Å². The predicted molar refractivity (Wildman–Crippen MR) is 44.6 cm³/mol. The lowest BCUT2D eigenvalue weighted by Gasteiger charge is -1.81. The van der Waals surface area contributed by atoms with Crippen LogP contribution in [0.2, 0.25) is 0 Å². The van der Waals surface area contributed by atoms with E-state index in [0.717, 1.165) is 12.8 Å². The second kappa shape index (κ2) is 7.54. The van der Waals surface area contributed by atoms with Crippen molar-refractivity contribution in [1.29, 1.82) is 0 Å². The first kappa shape index (κ1) is 11.4. The zero-order valence-corrected chi connectivity index (χ0v) is 6.35. The van der Waals surface area contributed by atoms with Crippen LogP contribution >= 0.6 is 0 Å². The van der Waals surface area contributed by atoms with E-state index >= 15 is 0 Å². The Bertz CT molecular complexity index is 82.7. The molecule has 3 radical (unpaired) electrons. The van der Waals surface area contributed by atoms with E-state index in [-0.39, 0.29) is 8.41 Å². The summed E-state index contributed by atoms with van der Waals surface area (Å²) in [7, 11) is 0. The van der Waals surface area contributed by atoms with Crippen LogP contribution in [0.4, 0.5) is 0 Å². The molecule has 0 saturated heterocycles. The summed E-state index contributed by atoms with van der Waals surface area (Å²) < 4.78 is 0. The maximum absolute atomic E-state index is 3.79. The topological polar surface area (TPSA) is 0 Å². The van der Waals surface area contributed by atoms with Crippen LogP contribution in [0.5, 0.6) is 0 Å². The van der Waals surface area contributed by atoms with E-state index in [1.54, 1.807) is 0 Å². The molecule has 0 N–H and O–H groups in total. The van der Waals surface area contributed by atoms with Gasteiger partial charge in [-0.05, 0) is 12.8 Å². The molecule has 49 valence electrons. The average Bonchev–Trinajstić information content (AvgIpc) is 2.24. The van der Waals surface area contributed by atoms with Gasteiger partial charge in [-0.3, -0.25) is 0 Å². The molecule has 0 bridgehead atoms. The molecule has 1 heteroatoms. The third-order valence-electron chi connectivity index (χ3n) is 0.980. The van der Waals surface area contributed by atoms with Gasteiger partial charge in [-0.2, -0.15) is 0 Å². The first-order valence-electron chi connectivity index (χ1n) is 3.21. The normalized spacial score (nSPS) is 13.8. The van der Waals surface area contributed by atoms with Crippen molar-refractivity contribution >= 4 is 8.41 Å². The summed E-state index contributed by atoms with van der Waals surface area (Å²) in [4.78, 5) is 0. The van der Waals surface area contributed by atoms with Crippen LogP contribution in [0, 0.1) is 0 Å². The quantitative estimate of drug-likeness (QED) is 0.341. The van der Waals surface area contributed by atoms with Crippen LogP contribution in [-0.2, 0) is 0 Å². The van der Waals surface area contributed by atoms with E-state index in [1.807, 2.05) is 13.8 Å². The van der Waals surface area contributed by atoms with Gasteiger partial charge < -0.3 is 0 Å². The fraction of sp³-hybridized carbons (Fsp3) is 0.500. The highest BCUT2D eigenvalue weighted by molar-refractivity contribution is 5.75. The molecule has 0 fully saturated rings. The largest absolute Gasteiger partial charge is 0.0992 e. The molecule has 0 spiro atoms. The molecule has 0 aliphatic heterocycles. The SMILES string of the molecule is C=C1CC=CC1.CC.[B]. The summed E-state index contributed by atoms with van der Waals surface area (Å²) in [6.07, 6.45) is 6.53. The van der Waals surface area contributed by atoms with Gasteiger partial charge in [-0.15, -0.1) is 0 Å². The van der Waals surface area contributed by atoms with E-state index in [2.05, 4.69) is 18.7 Å². The monoisotopic (exact) mass is 121 g/mol. The molecule has 0 heterocycles. The predicted octanol–water partition coefficient (Wildman–Crippen LogP) is 2.54. The zero-order chi connectivity index (χ0) is 6.41. The molecule has 0 unspecified atom stereocenters. The third kappa shape index (κ3) is 5.42. The van der Waals surface area contributed by atoms with Crippen LogP contribution in [0.1, 0.15) is 26.7 Å². The molecule has 1 aliphatic carbocycles. The van der Waals surface area contributed by atoms with E-state index < -0.39 is 0 Å². The molecule has 0 aromatic carbocycles. The lowest BCUT2D eigenvalue weighted by atomic mass is 10.3. The standard InChI is InChI=1S/C6H8.C2H6.B/c1-6-4-2-3-5-6;1-2;/h2-3H,1,4-5H2;1-2H3;.